The summed E-state index contributed by atoms with van der Waals surface area (Å²) in [6, 6.07) is 3.73. The van der Waals surface area contributed by atoms with Gasteiger partial charge < -0.3 is 4.74 Å². The summed E-state index contributed by atoms with van der Waals surface area (Å²) in [7, 11) is 0. The Morgan fingerprint density at radius 1 is 1.29 bits per heavy atom. The van der Waals surface area contributed by atoms with E-state index in [-0.39, 0.29) is 11.1 Å². The minimum absolute atomic E-state index is 0.260. The number of ether oxygens (including phenoxy) is 1. The van der Waals surface area contributed by atoms with Crippen molar-refractivity contribution in [2.24, 2.45) is 0 Å². The fourth-order valence-electron chi connectivity index (χ4n) is 1.63. The van der Waals surface area contributed by atoms with Crippen LogP contribution in [0.15, 0.2) is 18.2 Å². The topological polar surface area (TPSA) is 9.23 Å². The van der Waals surface area contributed by atoms with E-state index in [1.54, 1.807) is 0 Å². The van der Waals surface area contributed by atoms with Crippen molar-refractivity contribution >= 4 is 11.6 Å². The van der Waals surface area contributed by atoms with Gasteiger partial charge in [-0.05, 0) is 37.0 Å². The maximum Gasteiger partial charge on any atom is 0.417 e. The zero-order chi connectivity index (χ0) is 12.5. The second-order valence-electron chi connectivity index (χ2n) is 4.18. The lowest BCUT2D eigenvalue weighted by atomic mass is 9.96. The molecule has 17 heavy (non-hydrogen) atoms. The Balaban J connectivity index is 2.02. The first-order valence-electron chi connectivity index (χ1n) is 5.44. The van der Waals surface area contributed by atoms with Crippen LogP contribution in [0.1, 0.15) is 30.4 Å². The van der Waals surface area contributed by atoms with Crippen LogP contribution in [0.2, 0.25) is 5.02 Å². The fourth-order valence-corrected chi connectivity index (χ4v) is 1.94. The summed E-state index contributed by atoms with van der Waals surface area (Å²) in [5.74, 6) is 0. The first-order chi connectivity index (χ1) is 7.97. The van der Waals surface area contributed by atoms with Crippen LogP contribution in [0.4, 0.5) is 13.2 Å². The average molecular weight is 265 g/mol. The van der Waals surface area contributed by atoms with Crippen LogP contribution in [0, 0.1) is 0 Å². The van der Waals surface area contributed by atoms with E-state index in [0.29, 0.717) is 12.2 Å². The van der Waals surface area contributed by atoms with E-state index in [2.05, 4.69) is 0 Å². The zero-order valence-corrected chi connectivity index (χ0v) is 9.81. The Hall–Kier alpha value is -0.740. The lowest BCUT2D eigenvalue weighted by molar-refractivity contribution is -0.137. The third-order valence-electron chi connectivity index (χ3n) is 2.88. The van der Waals surface area contributed by atoms with Crippen molar-refractivity contribution in [2.75, 3.05) is 0 Å². The van der Waals surface area contributed by atoms with E-state index in [4.69, 9.17) is 16.3 Å². The molecule has 0 aliphatic heterocycles. The second-order valence-corrected chi connectivity index (χ2v) is 4.58. The standard InChI is InChI=1S/C12H12ClF3O/c13-11-6-8(7-17-9-2-1-3-9)4-5-10(11)12(14,15)16/h4-6,9H,1-3,7H2. The van der Waals surface area contributed by atoms with Crippen molar-refractivity contribution in [2.45, 2.75) is 38.1 Å². The first-order valence-corrected chi connectivity index (χ1v) is 5.82. The quantitative estimate of drug-likeness (QED) is 0.785. The molecular weight excluding hydrogens is 253 g/mol. The minimum Gasteiger partial charge on any atom is -0.374 e. The maximum absolute atomic E-state index is 12.4. The average Bonchev–Trinajstić information content (AvgIpc) is 2.13. The van der Waals surface area contributed by atoms with Gasteiger partial charge in [0.2, 0.25) is 0 Å². The molecule has 0 atom stereocenters. The summed E-state index contributed by atoms with van der Waals surface area (Å²) in [5.41, 5.74) is -0.124. The van der Waals surface area contributed by atoms with Gasteiger partial charge >= 0.3 is 6.18 Å². The van der Waals surface area contributed by atoms with Crippen molar-refractivity contribution in [3.8, 4) is 0 Å². The Labute approximate surface area is 103 Å². The zero-order valence-electron chi connectivity index (χ0n) is 9.06. The van der Waals surface area contributed by atoms with Gasteiger partial charge in [0.1, 0.15) is 0 Å². The number of halogens is 4. The molecular formula is C12H12ClF3O. The molecule has 0 radical (unpaired) electrons. The molecule has 0 unspecified atom stereocenters. The molecule has 2 rings (SSSR count). The number of hydrogen-bond donors (Lipinski definition) is 0. The van der Waals surface area contributed by atoms with Crippen LogP contribution < -0.4 is 0 Å². The molecule has 1 aliphatic rings. The van der Waals surface area contributed by atoms with Crippen molar-refractivity contribution in [1.82, 2.24) is 0 Å². The highest BCUT2D eigenvalue weighted by molar-refractivity contribution is 6.31. The molecule has 0 aromatic heterocycles. The van der Waals surface area contributed by atoms with Crippen molar-refractivity contribution in [3.05, 3.63) is 34.3 Å². The van der Waals surface area contributed by atoms with Crippen LogP contribution >= 0.6 is 11.6 Å². The van der Waals surface area contributed by atoms with Crippen LogP contribution in [0.5, 0.6) is 0 Å². The predicted octanol–water partition coefficient (Wildman–Crippen LogP) is 4.43. The fraction of sp³-hybridized carbons (Fsp3) is 0.500. The summed E-state index contributed by atoms with van der Waals surface area (Å²) in [6.45, 7) is 0.322. The molecule has 0 N–H and O–H groups in total. The Morgan fingerprint density at radius 3 is 2.47 bits per heavy atom. The molecule has 1 fully saturated rings. The monoisotopic (exact) mass is 264 g/mol. The van der Waals surface area contributed by atoms with Crippen molar-refractivity contribution < 1.29 is 17.9 Å². The van der Waals surface area contributed by atoms with Crippen LogP contribution in [0.25, 0.3) is 0 Å². The number of rotatable bonds is 3. The summed E-state index contributed by atoms with van der Waals surface area (Å²) in [5, 5.41) is -0.271. The normalized spacial score (nSPS) is 16.9. The van der Waals surface area contributed by atoms with E-state index in [9.17, 15) is 13.2 Å². The molecule has 0 amide bonds. The Bertz CT molecular complexity index is 399. The van der Waals surface area contributed by atoms with E-state index in [1.165, 1.54) is 18.6 Å². The molecule has 0 saturated heterocycles. The highest BCUT2D eigenvalue weighted by Crippen LogP contribution is 2.35. The summed E-state index contributed by atoms with van der Waals surface area (Å²) in [6.07, 6.45) is -0.901. The van der Waals surface area contributed by atoms with E-state index < -0.39 is 11.7 Å². The van der Waals surface area contributed by atoms with Gasteiger partial charge in [-0.2, -0.15) is 13.2 Å². The van der Waals surface area contributed by atoms with E-state index in [1.807, 2.05) is 0 Å². The first kappa shape index (κ1) is 12.7. The molecule has 1 aromatic carbocycles. The van der Waals surface area contributed by atoms with Crippen molar-refractivity contribution in [3.63, 3.8) is 0 Å². The van der Waals surface area contributed by atoms with Gasteiger partial charge in [0.15, 0.2) is 0 Å². The molecule has 1 nitrogen and oxygen atoms in total. The molecule has 0 bridgehead atoms. The summed E-state index contributed by atoms with van der Waals surface area (Å²) >= 11 is 5.60. The van der Waals surface area contributed by atoms with E-state index in [0.717, 1.165) is 18.9 Å². The number of alkyl halides is 3. The SMILES string of the molecule is FC(F)(F)c1ccc(COC2CCC2)cc1Cl. The lowest BCUT2D eigenvalue weighted by Gasteiger charge is -2.25. The van der Waals surface area contributed by atoms with Crippen LogP contribution in [0.3, 0.4) is 0 Å². The molecule has 1 aliphatic carbocycles. The summed E-state index contributed by atoms with van der Waals surface area (Å²) < 4.78 is 42.8. The third kappa shape index (κ3) is 3.13. The highest BCUT2D eigenvalue weighted by atomic mass is 35.5. The van der Waals surface area contributed by atoms with Crippen LogP contribution in [-0.4, -0.2) is 6.10 Å². The Kier molecular flexibility index (Phi) is 3.64. The molecule has 5 heteroatoms. The maximum atomic E-state index is 12.4. The Morgan fingerprint density at radius 2 is 2.00 bits per heavy atom. The van der Waals surface area contributed by atoms with Gasteiger partial charge in [0.05, 0.1) is 23.3 Å². The number of hydrogen-bond acceptors (Lipinski definition) is 1. The van der Waals surface area contributed by atoms with Gasteiger partial charge in [-0.25, -0.2) is 0 Å². The predicted molar refractivity (Wildman–Crippen MR) is 58.9 cm³/mol. The molecule has 0 heterocycles. The van der Waals surface area contributed by atoms with Crippen LogP contribution in [-0.2, 0) is 17.5 Å². The van der Waals surface area contributed by atoms with Gasteiger partial charge in [0, 0.05) is 0 Å². The highest BCUT2D eigenvalue weighted by Gasteiger charge is 2.33. The molecule has 94 valence electrons. The van der Waals surface area contributed by atoms with Gasteiger partial charge in [-0.1, -0.05) is 17.7 Å². The molecule has 1 saturated carbocycles. The lowest BCUT2D eigenvalue weighted by Crippen LogP contribution is -2.21. The third-order valence-corrected chi connectivity index (χ3v) is 3.19. The van der Waals surface area contributed by atoms with E-state index >= 15 is 0 Å². The van der Waals surface area contributed by atoms with Gasteiger partial charge in [0.25, 0.3) is 0 Å². The van der Waals surface area contributed by atoms with Gasteiger partial charge in [-0.15, -0.1) is 0 Å². The van der Waals surface area contributed by atoms with Crippen molar-refractivity contribution in [1.29, 1.82) is 0 Å². The largest absolute Gasteiger partial charge is 0.417 e. The second kappa shape index (κ2) is 4.86. The molecule has 0 spiro atoms. The van der Waals surface area contributed by atoms with Gasteiger partial charge in [-0.3, -0.25) is 0 Å². The summed E-state index contributed by atoms with van der Waals surface area (Å²) in [4.78, 5) is 0. The molecule has 1 aromatic rings. The minimum atomic E-state index is -4.40. The number of benzene rings is 1. The smallest absolute Gasteiger partial charge is 0.374 e.